The summed E-state index contributed by atoms with van der Waals surface area (Å²) in [6.07, 6.45) is 0. The summed E-state index contributed by atoms with van der Waals surface area (Å²) < 4.78 is 1.12. The highest BCUT2D eigenvalue weighted by Crippen LogP contribution is 2.22. The van der Waals surface area contributed by atoms with Gasteiger partial charge in [0, 0.05) is 18.1 Å². The van der Waals surface area contributed by atoms with Crippen molar-refractivity contribution in [3.8, 4) is 0 Å². The molecule has 1 heterocycles. The van der Waals surface area contributed by atoms with Crippen LogP contribution in [0.4, 0.5) is 0 Å². The maximum absolute atomic E-state index is 12.1. The Hall–Kier alpha value is -2.14. The minimum Gasteiger partial charge on any atom is -0.344 e. The number of carbonyl (C=O) groups excluding carboxylic acids is 1. The van der Waals surface area contributed by atoms with Crippen molar-refractivity contribution >= 4 is 17.5 Å². The molecule has 0 saturated carbocycles. The molecule has 0 aliphatic carbocycles. The molecular weight excluding hydrogens is 278 g/mol. The van der Waals surface area contributed by atoms with Gasteiger partial charge in [0.25, 0.3) is 11.5 Å². The van der Waals surface area contributed by atoms with Crippen molar-refractivity contribution in [2.75, 3.05) is 0 Å². The fourth-order valence-corrected chi connectivity index (χ4v) is 2.10. The Morgan fingerprint density at radius 3 is 2.65 bits per heavy atom. The molecule has 5 nitrogen and oxygen atoms in total. The Bertz CT molecular complexity index is 697. The number of carbonyl (C=O) groups is 1. The van der Waals surface area contributed by atoms with E-state index in [2.05, 4.69) is 10.4 Å². The van der Waals surface area contributed by atoms with E-state index in [0.29, 0.717) is 5.02 Å². The predicted octanol–water partition coefficient (Wildman–Crippen LogP) is 1.92. The minimum atomic E-state index is -0.354. The third-order valence-electron chi connectivity index (χ3n) is 2.91. The molecule has 2 aromatic rings. The van der Waals surface area contributed by atoms with Crippen molar-refractivity contribution in [1.29, 1.82) is 0 Å². The van der Waals surface area contributed by atoms with Crippen molar-refractivity contribution in [3.05, 3.63) is 63.0 Å². The van der Waals surface area contributed by atoms with Crippen molar-refractivity contribution in [1.82, 2.24) is 15.1 Å². The van der Waals surface area contributed by atoms with Gasteiger partial charge in [-0.25, -0.2) is 4.68 Å². The molecule has 0 bridgehead atoms. The second-order valence-corrected chi connectivity index (χ2v) is 4.80. The van der Waals surface area contributed by atoms with Gasteiger partial charge >= 0.3 is 0 Å². The smallest absolute Gasteiger partial charge is 0.272 e. The minimum absolute atomic E-state index is 0.186. The summed E-state index contributed by atoms with van der Waals surface area (Å²) in [6, 6.07) is 9.75. The Labute approximate surface area is 121 Å². The number of amides is 1. The van der Waals surface area contributed by atoms with Gasteiger partial charge in [0.05, 0.1) is 6.04 Å². The molecular formula is C14H14ClN3O2. The van der Waals surface area contributed by atoms with Crippen molar-refractivity contribution in [3.63, 3.8) is 0 Å². The topological polar surface area (TPSA) is 64.0 Å². The molecule has 0 spiro atoms. The van der Waals surface area contributed by atoms with Gasteiger partial charge in [-0.3, -0.25) is 9.59 Å². The van der Waals surface area contributed by atoms with Gasteiger partial charge in [-0.2, -0.15) is 5.10 Å². The number of nitrogens with one attached hydrogen (secondary N) is 1. The molecule has 1 amide bonds. The lowest BCUT2D eigenvalue weighted by Crippen LogP contribution is -2.30. The van der Waals surface area contributed by atoms with Crippen LogP contribution < -0.4 is 10.9 Å². The van der Waals surface area contributed by atoms with Gasteiger partial charge in [-0.1, -0.05) is 29.8 Å². The summed E-state index contributed by atoms with van der Waals surface area (Å²) in [4.78, 5) is 23.3. The van der Waals surface area contributed by atoms with Gasteiger partial charge in [-0.05, 0) is 24.6 Å². The highest BCUT2D eigenvalue weighted by molar-refractivity contribution is 6.31. The average molecular weight is 292 g/mol. The zero-order chi connectivity index (χ0) is 14.7. The summed E-state index contributed by atoms with van der Waals surface area (Å²) in [7, 11) is 1.50. The Kier molecular flexibility index (Phi) is 4.20. The molecule has 1 aromatic carbocycles. The fourth-order valence-electron chi connectivity index (χ4n) is 1.80. The normalized spacial score (nSPS) is 11.9. The lowest BCUT2D eigenvalue weighted by atomic mass is 10.1. The van der Waals surface area contributed by atoms with Gasteiger partial charge in [0.2, 0.25) is 0 Å². The van der Waals surface area contributed by atoms with E-state index < -0.39 is 0 Å². The van der Waals surface area contributed by atoms with E-state index in [9.17, 15) is 9.59 Å². The molecule has 0 fully saturated rings. The van der Waals surface area contributed by atoms with Crippen molar-refractivity contribution in [2.45, 2.75) is 13.0 Å². The number of hydrogen-bond donors (Lipinski definition) is 1. The molecule has 1 atom stereocenters. The Morgan fingerprint density at radius 1 is 1.30 bits per heavy atom. The Morgan fingerprint density at radius 2 is 2.00 bits per heavy atom. The predicted molar refractivity (Wildman–Crippen MR) is 76.8 cm³/mol. The Balaban J connectivity index is 2.17. The standard InChI is InChI=1S/C14H14ClN3O2/c1-9(10-5-3-4-6-11(10)15)16-14(20)12-7-8-13(19)18(2)17-12/h3-9H,1-2H3,(H,16,20). The summed E-state index contributed by atoms with van der Waals surface area (Å²) in [5.74, 6) is -0.354. The molecule has 0 aliphatic heterocycles. The van der Waals surface area contributed by atoms with Crippen LogP contribution in [0.1, 0.15) is 29.0 Å². The summed E-state index contributed by atoms with van der Waals surface area (Å²) in [5.41, 5.74) is 0.749. The molecule has 1 aromatic heterocycles. The van der Waals surface area contributed by atoms with Gasteiger partial charge in [0.1, 0.15) is 5.69 Å². The molecule has 2 rings (SSSR count). The highest BCUT2D eigenvalue weighted by Gasteiger charge is 2.15. The molecule has 1 unspecified atom stereocenters. The van der Waals surface area contributed by atoms with Crippen molar-refractivity contribution in [2.24, 2.45) is 7.05 Å². The second-order valence-electron chi connectivity index (χ2n) is 4.40. The monoisotopic (exact) mass is 291 g/mol. The van der Waals surface area contributed by atoms with Crippen LogP contribution in [0.5, 0.6) is 0 Å². The average Bonchev–Trinajstić information content (AvgIpc) is 2.42. The largest absolute Gasteiger partial charge is 0.344 e. The number of nitrogens with zero attached hydrogens (tertiary/aromatic N) is 2. The highest BCUT2D eigenvalue weighted by atomic mass is 35.5. The summed E-state index contributed by atoms with van der Waals surface area (Å²) in [5, 5.41) is 7.29. The van der Waals surface area contributed by atoms with Gasteiger partial charge < -0.3 is 5.32 Å². The maximum atomic E-state index is 12.1. The van der Waals surface area contributed by atoms with Crippen LogP contribution in [0, 0.1) is 0 Å². The zero-order valence-corrected chi connectivity index (χ0v) is 11.9. The summed E-state index contributed by atoms with van der Waals surface area (Å²) >= 11 is 6.08. The van der Waals surface area contributed by atoms with E-state index >= 15 is 0 Å². The van der Waals surface area contributed by atoms with Crippen LogP contribution in [0.3, 0.4) is 0 Å². The van der Waals surface area contributed by atoms with Crippen LogP contribution in [0.25, 0.3) is 0 Å². The van der Waals surface area contributed by atoms with Crippen molar-refractivity contribution < 1.29 is 4.79 Å². The van der Waals surface area contributed by atoms with Gasteiger partial charge in [0.15, 0.2) is 0 Å². The third-order valence-corrected chi connectivity index (χ3v) is 3.26. The summed E-state index contributed by atoms with van der Waals surface area (Å²) in [6.45, 7) is 1.83. The van der Waals surface area contributed by atoms with Crippen LogP contribution in [-0.2, 0) is 7.05 Å². The second kappa shape index (κ2) is 5.88. The van der Waals surface area contributed by atoms with E-state index in [0.717, 1.165) is 10.2 Å². The first-order valence-corrected chi connectivity index (χ1v) is 6.46. The van der Waals surface area contributed by atoms with E-state index in [-0.39, 0.29) is 23.2 Å². The van der Waals surface area contributed by atoms with Crippen LogP contribution >= 0.6 is 11.6 Å². The number of rotatable bonds is 3. The van der Waals surface area contributed by atoms with E-state index in [1.54, 1.807) is 6.07 Å². The first-order chi connectivity index (χ1) is 9.49. The third kappa shape index (κ3) is 3.05. The lowest BCUT2D eigenvalue weighted by Gasteiger charge is -2.15. The number of aryl methyl sites for hydroxylation is 1. The zero-order valence-electron chi connectivity index (χ0n) is 11.1. The molecule has 0 saturated heterocycles. The number of halogens is 1. The van der Waals surface area contributed by atoms with Crippen LogP contribution in [-0.4, -0.2) is 15.7 Å². The number of benzene rings is 1. The van der Waals surface area contributed by atoms with E-state index in [4.69, 9.17) is 11.6 Å². The molecule has 0 radical (unpaired) electrons. The van der Waals surface area contributed by atoms with Crippen LogP contribution in [0.15, 0.2) is 41.2 Å². The quantitative estimate of drug-likeness (QED) is 0.940. The molecule has 1 N–H and O–H groups in total. The maximum Gasteiger partial charge on any atom is 0.272 e. The fraction of sp³-hybridized carbons (Fsp3) is 0.214. The molecule has 0 aliphatic rings. The van der Waals surface area contributed by atoms with E-state index in [1.165, 1.54) is 19.2 Å². The number of hydrogen-bond acceptors (Lipinski definition) is 3. The van der Waals surface area contributed by atoms with Gasteiger partial charge in [-0.15, -0.1) is 0 Å². The molecule has 20 heavy (non-hydrogen) atoms. The molecule has 104 valence electrons. The van der Waals surface area contributed by atoms with Crippen LogP contribution in [0.2, 0.25) is 5.02 Å². The SMILES string of the molecule is CC(NC(=O)c1ccc(=O)n(C)n1)c1ccccc1Cl. The lowest BCUT2D eigenvalue weighted by molar-refractivity contribution is 0.0932. The first kappa shape index (κ1) is 14.3. The first-order valence-electron chi connectivity index (χ1n) is 6.08. The van der Waals surface area contributed by atoms with E-state index in [1.807, 2.05) is 25.1 Å². The molecule has 6 heteroatoms. The number of aromatic nitrogens is 2.